The molecule has 0 fully saturated rings. The molecule has 78 valence electrons. The molecule has 0 heterocycles. The minimum absolute atomic E-state index is 0.303. The molecule has 5 nitrogen and oxygen atoms in total. The molecule has 4 N–H and O–H groups in total. The van der Waals surface area contributed by atoms with Gasteiger partial charge in [-0.15, -0.1) is 0 Å². The van der Waals surface area contributed by atoms with Gasteiger partial charge in [0.15, 0.2) is 0 Å². The van der Waals surface area contributed by atoms with E-state index >= 15 is 0 Å². The number of aryl methyl sites for hydroxylation is 2. The summed E-state index contributed by atoms with van der Waals surface area (Å²) < 4.78 is 31.6. The second-order valence-electron chi connectivity index (χ2n) is 3.10. The van der Waals surface area contributed by atoms with E-state index in [0.717, 1.165) is 11.1 Å². The Kier molecular flexibility index (Phi) is 2.68. The highest BCUT2D eigenvalue weighted by Crippen LogP contribution is 2.22. The minimum atomic E-state index is -4.21. The van der Waals surface area contributed by atoms with Crippen LogP contribution in [-0.2, 0) is 10.3 Å². The van der Waals surface area contributed by atoms with Crippen molar-refractivity contribution >= 4 is 21.7 Å². The molecule has 0 unspecified atom stereocenters. The van der Waals surface area contributed by atoms with Crippen LogP contribution in [0.2, 0.25) is 0 Å². The number of nitrogen functional groups attached to an aromatic ring is 1. The molecule has 14 heavy (non-hydrogen) atoms. The number of nitrogens with two attached hydrogens (primary N) is 1. The fraction of sp³-hybridized carbons (Fsp3) is 0.250. The van der Waals surface area contributed by atoms with Crippen LogP contribution in [0.25, 0.3) is 0 Å². The van der Waals surface area contributed by atoms with Gasteiger partial charge >= 0.3 is 10.3 Å². The van der Waals surface area contributed by atoms with Crippen molar-refractivity contribution in [1.29, 1.82) is 0 Å². The number of anilines is 2. The van der Waals surface area contributed by atoms with Crippen molar-refractivity contribution in [2.45, 2.75) is 13.8 Å². The fourth-order valence-electron chi connectivity index (χ4n) is 1.18. The molecule has 0 aliphatic carbocycles. The van der Waals surface area contributed by atoms with Crippen LogP contribution < -0.4 is 10.5 Å². The number of hydrogen-bond donors (Lipinski definition) is 3. The van der Waals surface area contributed by atoms with Gasteiger partial charge < -0.3 is 5.73 Å². The maximum atomic E-state index is 10.5. The lowest BCUT2D eigenvalue weighted by atomic mass is 10.1. The lowest BCUT2D eigenvalue weighted by molar-refractivity contribution is 0.490. The maximum Gasteiger partial charge on any atom is 0.357 e. The number of hydrogen-bond acceptors (Lipinski definition) is 3. The first kappa shape index (κ1) is 10.8. The van der Waals surface area contributed by atoms with Gasteiger partial charge in [0.05, 0.1) is 5.69 Å². The molecule has 0 saturated carbocycles. The Morgan fingerprint density at radius 2 is 1.71 bits per heavy atom. The van der Waals surface area contributed by atoms with Crippen molar-refractivity contribution in [1.82, 2.24) is 0 Å². The monoisotopic (exact) mass is 216 g/mol. The SMILES string of the molecule is Cc1cc(NS(=O)(=O)O)cc(C)c1N. The van der Waals surface area contributed by atoms with Crippen LogP contribution in [0.4, 0.5) is 11.4 Å². The van der Waals surface area contributed by atoms with E-state index in [1.165, 1.54) is 0 Å². The number of rotatable bonds is 2. The summed E-state index contributed by atoms with van der Waals surface area (Å²) >= 11 is 0. The Bertz CT molecular complexity index is 431. The molecule has 0 aromatic heterocycles. The van der Waals surface area contributed by atoms with E-state index in [-0.39, 0.29) is 0 Å². The molecule has 1 aromatic carbocycles. The van der Waals surface area contributed by atoms with Crippen LogP contribution in [0.5, 0.6) is 0 Å². The van der Waals surface area contributed by atoms with E-state index < -0.39 is 10.3 Å². The minimum Gasteiger partial charge on any atom is -0.398 e. The number of nitrogens with one attached hydrogen (secondary N) is 1. The Labute approximate surface area is 82.8 Å². The predicted molar refractivity (Wildman–Crippen MR) is 55.5 cm³/mol. The Morgan fingerprint density at radius 1 is 1.29 bits per heavy atom. The average molecular weight is 216 g/mol. The molecule has 1 rings (SSSR count). The van der Waals surface area contributed by atoms with Gasteiger partial charge in [0.25, 0.3) is 0 Å². The zero-order valence-electron chi connectivity index (χ0n) is 7.90. The zero-order valence-corrected chi connectivity index (χ0v) is 8.72. The summed E-state index contributed by atoms with van der Waals surface area (Å²) in [5.41, 5.74) is 8.11. The highest BCUT2D eigenvalue weighted by atomic mass is 32.2. The van der Waals surface area contributed by atoms with Crippen molar-refractivity contribution in [3.05, 3.63) is 23.3 Å². The summed E-state index contributed by atoms with van der Waals surface area (Å²) in [6.45, 7) is 3.52. The molecule has 6 heteroatoms. The molecule has 0 spiro atoms. The summed E-state index contributed by atoms with van der Waals surface area (Å²) in [4.78, 5) is 0. The van der Waals surface area contributed by atoms with Crippen molar-refractivity contribution in [2.24, 2.45) is 0 Å². The van der Waals surface area contributed by atoms with E-state index in [4.69, 9.17) is 10.3 Å². The van der Waals surface area contributed by atoms with E-state index in [1.807, 2.05) is 4.72 Å². The van der Waals surface area contributed by atoms with Crippen molar-refractivity contribution in [3.8, 4) is 0 Å². The van der Waals surface area contributed by atoms with Gasteiger partial charge in [0.1, 0.15) is 0 Å². The normalized spacial score (nSPS) is 11.4. The van der Waals surface area contributed by atoms with Crippen molar-refractivity contribution in [2.75, 3.05) is 10.5 Å². The Hall–Kier alpha value is -1.27. The van der Waals surface area contributed by atoms with Gasteiger partial charge in [-0.25, -0.2) is 0 Å². The highest BCUT2D eigenvalue weighted by Gasteiger charge is 2.06. The first-order valence-electron chi connectivity index (χ1n) is 3.91. The molecule has 0 radical (unpaired) electrons. The van der Waals surface area contributed by atoms with E-state index in [0.29, 0.717) is 11.4 Å². The summed E-state index contributed by atoms with van der Waals surface area (Å²) in [6.07, 6.45) is 0. The third-order valence-electron chi connectivity index (χ3n) is 1.84. The maximum absolute atomic E-state index is 10.5. The molecular formula is C8H12N2O3S. The van der Waals surface area contributed by atoms with Crippen LogP contribution in [0.3, 0.4) is 0 Å². The predicted octanol–water partition coefficient (Wildman–Crippen LogP) is 1.10. The summed E-state index contributed by atoms with van der Waals surface area (Å²) in [7, 11) is -4.21. The molecule has 0 saturated heterocycles. The van der Waals surface area contributed by atoms with E-state index in [1.54, 1.807) is 26.0 Å². The first-order chi connectivity index (χ1) is 6.29. The average Bonchev–Trinajstić information content (AvgIpc) is 1.96. The molecule has 1 aromatic rings. The molecule has 0 aliphatic rings. The summed E-state index contributed by atoms with van der Waals surface area (Å²) in [5, 5.41) is 0. The first-order valence-corrected chi connectivity index (χ1v) is 5.35. The summed E-state index contributed by atoms with van der Waals surface area (Å²) in [5.74, 6) is 0. The zero-order chi connectivity index (χ0) is 10.9. The summed E-state index contributed by atoms with van der Waals surface area (Å²) in [6, 6.07) is 3.10. The van der Waals surface area contributed by atoms with Gasteiger partial charge in [-0.1, -0.05) is 0 Å². The topological polar surface area (TPSA) is 92.4 Å². The lowest BCUT2D eigenvalue weighted by Gasteiger charge is -2.08. The molecule has 0 atom stereocenters. The fourth-order valence-corrected chi connectivity index (χ4v) is 1.60. The van der Waals surface area contributed by atoms with Crippen LogP contribution in [0.15, 0.2) is 12.1 Å². The van der Waals surface area contributed by atoms with Gasteiger partial charge in [-0.2, -0.15) is 8.42 Å². The van der Waals surface area contributed by atoms with Crippen LogP contribution in [-0.4, -0.2) is 13.0 Å². The second-order valence-corrected chi connectivity index (χ2v) is 4.26. The van der Waals surface area contributed by atoms with E-state index in [9.17, 15) is 8.42 Å². The van der Waals surface area contributed by atoms with Crippen LogP contribution >= 0.6 is 0 Å². The number of benzene rings is 1. The van der Waals surface area contributed by atoms with Crippen LogP contribution in [0, 0.1) is 13.8 Å². The third kappa shape index (κ3) is 2.61. The van der Waals surface area contributed by atoms with E-state index in [2.05, 4.69) is 0 Å². The Morgan fingerprint density at radius 3 is 2.07 bits per heavy atom. The molecular weight excluding hydrogens is 204 g/mol. The Balaban J connectivity index is 3.14. The van der Waals surface area contributed by atoms with Crippen molar-refractivity contribution in [3.63, 3.8) is 0 Å². The lowest BCUT2D eigenvalue weighted by Crippen LogP contribution is -2.11. The smallest absolute Gasteiger partial charge is 0.357 e. The third-order valence-corrected chi connectivity index (χ3v) is 2.33. The van der Waals surface area contributed by atoms with Crippen molar-refractivity contribution < 1.29 is 13.0 Å². The quantitative estimate of drug-likeness (QED) is 0.510. The molecule has 0 aliphatic heterocycles. The largest absolute Gasteiger partial charge is 0.398 e. The molecule has 0 amide bonds. The van der Waals surface area contributed by atoms with Gasteiger partial charge in [0.2, 0.25) is 0 Å². The standard InChI is InChI=1S/C8H12N2O3S/c1-5-3-7(10-14(11,12)13)4-6(2)8(5)9/h3-4,10H,9H2,1-2H3,(H,11,12,13). The van der Waals surface area contributed by atoms with Gasteiger partial charge in [-0.05, 0) is 37.1 Å². The van der Waals surface area contributed by atoms with Crippen LogP contribution in [0.1, 0.15) is 11.1 Å². The van der Waals surface area contributed by atoms with Gasteiger partial charge in [0, 0.05) is 5.69 Å². The van der Waals surface area contributed by atoms with Gasteiger partial charge in [-0.3, -0.25) is 9.27 Å². The second kappa shape index (κ2) is 3.47. The highest BCUT2D eigenvalue weighted by molar-refractivity contribution is 7.87. The molecule has 0 bridgehead atoms.